The molecular formula is C25H26ClNO4. The first-order chi connectivity index (χ1) is 15.1. The molecular weight excluding hydrogens is 414 g/mol. The van der Waals surface area contributed by atoms with Gasteiger partial charge in [0, 0.05) is 40.0 Å². The molecule has 31 heavy (non-hydrogen) atoms. The first-order valence-corrected chi connectivity index (χ1v) is 10.8. The number of nitrogens with zero attached hydrogens (tertiary/aromatic N) is 1. The highest BCUT2D eigenvalue weighted by Crippen LogP contribution is 2.48. The lowest BCUT2D eigenvalue weighted by atomic mass is 9.81. The van der Waals surface area contributed by atoms with Crippen molar-refractivity contribution in [3.8, 4) is 17.2 Å². The summed E-state index contributed by atoms with van der Waals surface area (Å²) in [5.74, 6) is 1.11. The monoisotopic (exact) mass is 439 g/mol. The van der Waals surface area contributed by atoms with Gasteiger partial charge in [-0.15, -0.1) is 0 Å². The van der Waals surface area contributed by atoms with Gasteiger partial charge < -0.3 is 18.8 Å². The number of benzene rings is 2. The second-order valence-electron chi connectivity index (χ2n) is 7.58. The minimum absolute atomic E-state index is 0.0267. The maximum atomic E-state index is 12.5. The molecule has 0 spiro atoms. The van der Waals surface area contributed by atoms with Crippen molar-refractivity contribution in [3.63, 3.8) is 0 Å². The highest BCUT2D eigenvalue weighted by atomic mass is 35.5. The van der Waals surface area contributed by atoms with Crippen LogP contribution in [-0.2, 0) is 9.53 Å². The van der Waals surface area contributed by atoms with Crippen molar-refractivity contribution in [1.29, 1.82) is 0 Å². The summed E-state index contributed by atoms with van der Waals surface area (Å²) in [6.45, 7) is 2.20. The predicted octanol–water partition coefficient (Wildman–Crippen LogP) is 5.72. The zero-order valence-corrected chi connectivity index (χ0v) is 18.7. The molecule has 0 fully saturated rings. The fourth-order valence-electron chi connectivity index (χ4n) is 4.59. The van der Waals surface area contributed by atoms with Crippen LogP contribution >= 0.6 is 11.6 Å². The second-order valence-corrected chi connectivity index (χ2v) is 8.02. The van der Waals surface area contributed by atoms with Gasteiger partial charge in [0.2, 0.25) is 0 Å². The summed E-state index contributed by atoms with van der Waals surface area (Å²) in [7, 11) is 3.28. The van der Waals surface area contributed by atoms with E-state index in [1.807, 2.05) is 49.5 Å². The number of carbonyl (C=O) groups is 1. The summed E-state index contributed by atoms with van der Waals surface area (Å²) in [6.07, 6.45) is 3.05. The summed E-state index contributed by atoms with van der Waals surface area (Å²) < 4.78 is 18.8. The number of carbonyl (C=O) groups excluding carboxylic acids is 1. The molecule has 0 radical (unpaired) electrons. The summed E-state index contributed by atoms with van der Waals surface area (Å²) >= 11 is 6.44. The molecule has 0 saturated heterocycles. The van der Waals surface area contributed by atoms with Crippen LogP contribution in [0.25, 0.3) is 5.69 Å². The number of ether oxygens (including phenoxy) is 3. The molecule has 162 valence electrons. The van der Waals surface area contributed by atoms with Crippen molar-refractivity contribution >= 4 is 17.6 Å². The Bertz CT molecular complexity index is 1090. The maximum Gasteiger partial charge on any atom is 0.306 e. The Kier molecular flexibility index (Phi) is 6.23. The van der Waals surface area contributed by atoms with E-state index in [1.54, 1.807) is 14.2 Å². The van der Waals surface area contributed by atoms with Crippen molar-refractivity contribution in [3.05, 3.63) is 76.6 Å². The van der Waals surface area contributed by atoms with Crippen molar-refractivity contribution < 1.29 is 19.0 Å². The Morgan fingerprint density at radius 1 is 1.10 bits per heavy atom. The van der Waals surface area contributed by atoms with Gasteiger partial charge in [-0.1, -0.05) is 23.7 Å². The molecule has 0 aliphatic carbocycles. The number of hydrogen-bond donors (Lipinski definition) is 0. The third kappa shape index (κ3) is 4.02. The third-order valence-electron chi connectivity index (χ3n) is 5.87. The number of methoxy groups -OCH3 is 2. The molecule has 4 rings (SSSR count). The van der Waals surface area contributed by atoms with E-state index in [4.69, 9.17) is 25.8 Å². The van der Waals surface area contributed by atoms with Gasteiger partial charge in [-0.05, 0) is 55.3 Å². The number of hydrogen-bond acceptors (Lipinski definition) is 4. The van der Waals surface area contributed by atoms with Crippen LogP contribution in [0, 0.1) is 0 Å². The third-order valence-corrected chi connectivity index (χ3v) is 6.11. The molecule has 1 aliphatic rings. The van der Waals surface area contributed by atoms with Crippen LogP contribution < -0.4 is 9.47 Å². The van der Waals surface area contributed by atoms with E-state index in [0.717, 1.165) is 22.5 Å². The molecule has 0 saturated carbocycles. The Labute approximate surface area is 187 Å². The number of rotatable bonds is 6. The lowest BCUT2D eigenvalue weighted by Gasteiger charge is -2.24. The predicted molar refractivity (Wildman–Crippen MR) is 121 cm³/mol. The zero-order valence-electron chi connectivity index (χ0n) is 17.9. The lowest BCUT2D eigenvalue weighted by molar-refractivity contribution is -0.143. The van der Waals surface area contributed by atoms with Gasteiger partial charge in [0.1, 0.15) is 0 Å². The normalized spacial score (nSPS) is 17.3. The van der Waals surface area contributed by atoms with Crippen molar-refractivity contribution in [2.75, 3.05) is 20.8 Å². The minimum atomic E-state index is -0.194. The molecule has 2 aromatic carbocycles. The van der Waals surface area contributed by atoms with Gasteiger partial charge in [-0.3, -0.25) is 4.79 Å². The van der Waals surface area contributed by atoms with E-state index < -0.39 is 0 Å². The van der Waals surface area contributed by atoms with Gasteiger partial charge in [-0.25, -0.2) is 0 Å². The SMILES string of the molecule is CCOC(=O)C[C@H]1C[C@H](c2cccc(OC)c2OC)c2cc(Cl)ccc2-n2cccc21. The summed E-state index contributed by atoms with van der Waals surface area (Å²) in [5, 5.41) is 0.670. The van der Waals surface area contributed by atoms with Gasteiger partial charge in [0.25, 0.3) is 0 Å². The Balaban J connectivity index is 1.90. The van der Waals surface area contributed by atoms with Crippen LogP contribution in [0.4, 0.5) is 0 Å². The van der Waals surface area contributed by atoms with Crippen LogP contribution in [-0.4, -0.2) is 31.4 Å². The number of fused-ring (bicyclic) bond motifs is 3. The van der Waals surface area contributed by atoms with Crippen LogP contribution in [0.1, 0.15) is 48.4 Å². The van der Waals surface area contributed by atoms with E-state index >= 15 is 0 Å². The minimum Gasteiger partial charge on any atom is -0.493 e. The summed E-state index contributed by atoms with van der Waals surface area (Å²) in [4.78, 5) is 12.5. The van der Waals surface area contributed by atoms with Crippen LogP contribution in [0.15, 0.2) is 54.7 Å². The Morgan fingerprint density at radius 3 is 2.68 bits per heavy atom. The number of esters is 1. The van der Waals surface area contributed by atoms with Crippen LogP contribution in [0.5, 0.6) is 11.5 Å². The van der Waals surface area contributed by atoms with E-state index in [9.17, 15) is 4.79 Å². The highest BCUT2D eigenvalue weighted by molar-refractivity contribution is 6.30. The maximum absolute atomic E-state index is 12.5. The van der Waals surface area contributed by atoms with Crippen LogP contribution in [0.3, 0.4) is 0 Å². The zero-order chi connectivity index (χ0) is 22.0. The second kappa shape index (κ2) is 9.06. The van der Waals surface area contributed by atoms with Gasteiger partial charge in [0.05, 0.1) is 27.2 Å². The van der Waals surface area contributed by atoms with Gasteiger partial charge in [-0.2, -0.15) is 0 Å². The topological polar surface area (TPSA) is 49.7 Å². The van der Waals surface area contributed by atoms with E-state index in [-0.39, 0.29) is 17.8 Å². The largest absolute Gasteiger partial charge is 0.493 e. The molecule has 6 heteroatoms. The Hall–Kier alpha value is -2.92. The van der Waals surface area contributed by atoms with Crippen molar-refractivity contribution in [2.45, 2.75) is 31.6 Å². The fourth-order valence-corrected chi connectivity index (χ4v) is 4.77. The van der Waals surface area contributed by atoms with E-state index in [0.29, 0.717) is 36.0 Å². The van der Waals surface area contributed by atoms with E-state index in [1.165, 1.54) is 0 Å². The summed E-state index contributed by atoms with van der Waals surface area (Å²) in [5.41, 5.74) is 4.22. The number of aromatic nitrogens is 1. The molecule has 0 bridgehead atoms. The molecule has 3 aromatic rings. The van der Waals surface area contributed by atoms with E-state index in [2.05, 4.69) is 16.7 Å². The molecule has 2 atom stereocenters. The van der Waals surface area contributed by atoms with Crippen molar-refractivity contribution in [1.82, 2.24) is 4.57 Å². The van der Waals surface area contributed by atoms with Crippen molar-refractivity contribution in [2.24, 2.45) is 0 Å². The molecule has 5 nitrogen and oxygen atoms in total. The molecule has 2 heterocycles. The number of para-hydroxylation sites is 1. The fraction of sp³-hybridized carbons (Fsp3) is 0.320. The smallest absolute Gasteiger partial charge is 0.306 e. The Morgan fingerprint density at radius 2 is 1.94 bits per heavy atom. The summed E-state index contributed by atoms with van der Waals surface area (Å²) in [6, 6.07) is 15.9. The quantitative estimate of drug-likeness (QED) is 0.461. The van der Waals surface area contributed by atoms with Gasteiger partial charge in [0.15, 0.2) is 11.5 Å². The molecule has 1 aromatic heterocycles. The standard InChI is InChI=1S/C25H26ClNO4/c1-4-31-24(28)14-16-13-19(18-7-5-9-23(29-2)25(18)30-3)20-15-17(26)10-11-22(20)27-12-6-8-21(16)27/h5-12,15-16,19H,4,13-14H2,1-3H3/t16-,19-/m1/s1. The first kappa shape index (κ1) is 21.3. The highest BCUT2D eigenvalue weighted by Gasteiger charge is 2.33. The van der Waals surface area contributed by atoms with Gasteiger partial charge >= 0.3 is 5.97 Å². The lowest BCUT2D eigenvalue weighted by Crippen LogP contribution is -2.14. The molecule has 0 N–H and O–H groups in total. The van der Waals surface area contributed by atoms with Crippen LogP contribution in [0.2, 0.25) is 5.02 Å². The average molecular weight is 440 g/mol. The molecule has 1 aliphatic heterocycles. The molecule has 0 unspecified atom stereocenters. The number of halogens is 1. The molecule has 0 amide bonds. The average Bonchev–Trinajstić information content (AvgIpc) is 3.21. The first-order valence-electron chi connectivity index (χ1n) is 10.4.